The smallest absolute Gasteiger partial charge is 0.244 e. The van der Waals surface area contributed by atoms with Gasteiger partial charge in [0.15, 0.2) is 0 Å². The Balaban J connectivity index is 1.50. The molecule has 0 spiro atoms. The molecule has 2 aromatic carbocycles. The third-order valence-electron chi connectivity index (χ3n) is 5.71. The van der Waals surface area contributed by atoms with E-state index in [4.69, 9.17) is 26.3 Å². The Kier molecular flexibility index (Phi) is 6.57. The maximum atomic E-state index is 13.9. The van der Waals surface area contributed by atoms with E-state index in [1.165, 1.54) is 34.6 Å². The number of ether oxygens (including phenoxy) is 2. The summed E-state index contributed by atoms with van der Waals surface area (Å²) in [6, 6.07) is 11.9. The van der Waals surface area contributed by atoms with Crippen LogP contribution in [0.25, 0.3) is 0 Å². The molecule has 8 nitrogen and oxygen atoms in total. The van der Waals surface area contributed by atoms with Crippen LogP contribution in [0.15, 0.2) is 41.3 Å². The lowest BCUT2D eigenvalue weighted by molar-refractivity contribution is -0.0285. The number of hydrogen-bond donors (Lipinski definition) is 1. The molecule has 0 unspecified atom stereocenters. The van der Waals surface area contributed by atoms with Gasteiger partial charge in [-0.15, -0.1) is 0 Å². The van der Waals surface area contributed by atoms with Crippen LogP contribution in [0, 0.1) is 33.9 Å². The van der Waals surface area contributed by atoms with Gasteiger partial charge >= 0.3 is 0 Å². The van der Waals surface area contributed by atoms with Crippen LogP contribution in [-0.4, -0.2) is 58.2 Å². The summed E-state index contributed by atoms with van der Waals surface area (Å²) in [5.74, 6) is -0.429. The molecule has 2 saturated heterocycles. The average molecular weight is 491 g/mol. The average Bonchev–Trinajstić information content (AvgIpc) is 2.73. The third-order valence-corrected chi connectivity index (χ3v) is 7.80. The molecular weight excluding hydrogens is 471 g/mol. The highest BCUT2D eigenvalue weighted by atomic mass is 35.5. The van der Waals surface area contributed by atoms with E-state index < -0.39 is 21.3 Å². The normalized spacial score (nSPS) is 17.9. The van der Waals surface area contributed by atoms with Gasteiger partial charge in [-0.05, 0) is 30.3 Å². The fourth-order valence-electron chi connectivity index (χ4n) is 3.71. The van der Waals surface area contributed by atoms with Gasteiger partial charge in [0.25, 0.3) is 0 Å². The van der Waals surface area contributed by atoms with Gasteiger partial charge in [-0.1, -0.05) is 11.6 Å². The molecule has 2 aromatic rings. The first kappa shape index (κ1) is 23.4. The number of rotatable bonds is 8. The van der Waals surface area contributed by atoms with Crippen molar-refractivity contribution in [1.82, 2.24) is 9.62 Å². The Morgan fingerprint density at radius 2 is 1.91 bits per heavy atom. The van der Waals surface area contributed by atoms with E-state index in [9.17, 15) is 18.1 Å². The lowest BCUT2D eigenvalue weighted by Gasteiger charge is -2.49. The van der Waals surface area contributed by atoms with E-state index >= 15 is 0 Å². The zero-order valence-corrected chi connectivity index (χ0v) is 19.0. The summed E-state index contributed by atoms with van der Waals surface area (Å²) in [4.78, 5) is -0.0987. The molecule has 0 aromatic heterocycles. The van der Waals surface area contributed by atoms with Crippen molar-refractivity contribution in [2.45, 2.75) is 10.9 Å². The van der Waals surface area contributed by atoms with Crippen LogP contribution in [0.5, 0.6) is 5.75 Å². The summed E-state index contributed by atoms with van der Waals surface area (Å²) in [6.45, 7) is 2.07. The molecule has 0 atom stereocenters. The Bertz CT molecular complexity index is 1250. The van der Waals surface area contributed by atoms with Gasteiger partial charge < -0.3 is 14.8 Å². The number of nitrogens with zero attached hydrogens (tertiary/aromatic N) is 3. The molecule has 2 aliphatic heterocycles. The van der Waals surface area contributed by atoms with E-state index in [1.54, 1.807) is 6.07 Å². The summed E-state index contributed by atoms with van der Waals surface area (Å²) in [5, 5.41) is 21.9. The zero-order valence-electron chi connectivity index (χ0n) is 17.4. The molecule has 0 aliphatic carbocycles. The fraction of sp³-hybridized carbons (Fsp3) is 0.364. The van der Waals surface area contributed by atoms with E-state index in [0.29, 0.717) is 19.8 Å². The van der Waals surface area contributed by atoms with Crippen LogP contribution in [0.4, 0.5) is 4.39 Å². The first-order valence-electron chi connectivity index (χ1n) is 10.1. The quantitative estimate of drug-likeness (QED) is 0.603. The van der Waals surface area contributed by atoms with Gasteiger partial charge in [-0.25, -0.2) is 12.8 Å². The largest absolute Gasteiger partial charge is 0.493 e. The van der Waals surface area contributed by atoms with Gasteiger partial charge in [-0.2, -0.15) is 14.8 Å². The Morgan fingerprint density at radius 1 is 1.18 bits per heavy atom. The lowest BCUT2D eigenvalue weighted by Crippen LogP contribution is -2.66. The molecule has 0 saturated carbocycles. The Morgan fingerprint density at radius 3 is 2.52 bits per heavy atom. The van der Waals surface area contributed by atoms with Crippen molar-refractivity contribution in [1.29, 1.82) is 10.5 Å². The predicted octanol–water partition coefficient (Wildman–Crippen LogP) is 2.28. The van der Waals surface area contributed by atoms with Crippen LogP contribution < -0.4 is 10.1 Å². The number of halogens is 2. The van der Waals surface area contributed by atoms with E-state index in [2.05, 4.69) is 5.32 Å². The SMILES string of the molecule is N#Cc1ccc(OCC2(CNC3COC3)CN(S(=O)(=O)c3ccc(Cl)cc3C#N)C2)cc1F. The molecule has 2 heterocycles. The van der Waals surface area contributed by atoms with Gasteiger partial charge in [0.05, 0.1) is 37.0 Å². The number of hydrogen-bond acceptors (Lipinski definition) is 7. The minimum atomic E-state index is -3.91. The molecule has 172 valence electrons. The topological polar surface area (TPSA) is 115 Å². The second-order valence-corrected chi connectivity index (χ2v) is 10.5. The van der Waals surface area contributed by atoms with Gasteiger partial charge in [-0.3, -0.25) is 0 Å². The predicted molar refractivity (Wildman–Crippen MR) is 117 cm³/mol. The molecule has 1 N–H and O–H groups in total. The van der Waals surface area contributed by atoms with Crippen molar-refractivity contribution in [2.75, 3.05) is 39.5 Å². The zero-order chi connectivity index (χ0) is 23.6. The van der Waals surface area contributed by atoms with Crippen molar-refractivity contribution in [3.05, 3.63) is 58.4 Å². The second kappa shape index (κ2) is 9.26. The molecule has 2 aliphatic rings. The highest BCUT2D eigenvalue weighted by molar-refractivity contribution is 7.89. The van der Waals surface area contributed by atoms with Gasteiger partial charge in [0.1, 0.15) is 28.6 Å². The highest BCUT2D eigenvalue weighted by Gasteiger charge is 2.50. The monoisotopic (exact) mass is 490 g/mol. The fourth-order valence-corrected chi connectivity index (χ4v) is 5.67. The van der Waals surface area contributed by atoms with Crippen LogP contribution in [0.1, 0.15) is 11.1 Å². The van der Waals surface area contributed by atoms with E-state index in [0.717, 1.165) is 6.07 Å². The molecule has 0 bridgehead atoms. The van der Waals surface area contributed by atoms with Crippen molar-refractivity contribution in [2.24, 2.45) is 5.41 Å². The lowest BCUT2D eigenvalue weighted by atomic mass is 9.82. The van der Waals surface area contributed by atoms with Gasteiger partial charge in [0.2, 0.25) is 10.0 Å². The minimum Gasteiger partial charge on any atom is -0.493 e. The van der Waals surface area contributed by atoms with Crippen molar-refractivity contribution < 1.29 is 22.3 Å². The van der Waals surface area contributed by atoms with Gasteiger partial charge in [0, 0.05) is 36.1 Å². The number of nitrogens with one attached hydrogen (secondary N) is 1. The third kappa shape index (κ3) is 4.81. The standard InChI is InChI=1S/C22H20ClFN4O4S/c23-17-2-4-21(16(5-17)8-26)33(29,30)28-12-22(13-28,11-27-18-9-31-10-18)14-32-19-3-1-15(7-25)20(24)6-19/h1-6,18,27H,9-14H2. The van der Waals surface area contributed by atoms with E-state index in [-0.39, 0.29) is 52.5 Å². The summed E-state index contributed by atoms with van der Waals surface area (Å²) in [5.41, 5.74) is -0.665. The number of sulfonamides is 1. The molecular formula is C22H20ClFN4O4S. The van der Waals surface area contributed by atoms with Crippen LogP contribution >= 0.6 is 11.6 Å². The molecule has 0 radical (unpaired) electrons. The highest BCUT2D eigenvalue weighted by Crippen LogP contribution is 2.37. The molecule has 11 heteroatoms. The second-order valence-electron chi connectivity index (χ2n) is 8.18. The first-order chi connectivity index (χ1) is 15.8. The van der Waals surface area contributed by atoms with Crippen molar-refractivity contribution in [3.8, 4) is 17.9 Å². The minimum absolute atomic E-state index is 0.0194. The number of benzene rings is 2. The molecule has 33 heavy (non-hydrogen) atoms. The maximum absolute atomic E-state index is 13.9. The molecule has 4 rings (SSSR count). The Hall–Kier alpha value is -2.73. The summed E-state index contributed by atoms with van der Waals surface area (Å²) >= 11 is 5.90. The summed E-state index contributed by atoms with van der Waals surface area (Å²) in [7, 11) is -3.91. The van der Waals surface area contributed by atoms with Crippen molar-refractivity contribution >= 4 is 21.6 Å². The number of nitriles is 2. The van der Waals surface area contributed by atoms with E-state index in [1.807, 2.05) is 6.07 Å². The van der Waals surface area contributed by atoms with Crippen LogP contribution in [0.3, 0.4) is 0 Å². The molecule has 2 fully saturated rings. The van der Waals surface area contributed by atoms with Crippen LogP contribution in [-0.2, 0) is 14.8 Å². The summed E-state index contributed by atoms with van der Waals surface area (Å²) < 4.78 is 52.5. The maximum Gasteiger partial charge on any atom is 0.244 e. The molecule has 0 amide bonds. The first-order valence-corrected chi connectivity index (χ1v) is 11.9. The summed E-state index contributed by atoms with van der Waals surface area (Å²) in [6.07, 6.45) is 0. The van der Waals surface area contributed by atoms with Crippen molar-refractivity contribution in [3.63, 3.8) is 0 Å². The van der Waals surface area contributed by atoms with Crippen LogP contribution in [0.2, 0.25) is 5.02 Å². The Labute approximate surface area is 196 Å².